The number of amides is 1. The lowest BCUT2D eigenvalue weighted by molar-refractivity contribution is -0.124. The molecule has 0 saturated heterocycles. The van der Waals surface area contributed by atoms with E-state index < -0.39 is 0 Å². The minimum Gasteiger partial charge on any atom is -0.352 e. The Bertz CT molecular complexity index is 429. The number of H-pyrrole nitrogens is 1. The predicted molar refractivity (Wildman–Crippen MR) is 74.6 cm³/mol. The first-order chi connectivity index (χ1) is 9.10. The zero-order chi connectivity index (χ0) is 13.8. The average molecular weight is 264 g/mol. The second-order valence-corrected chi connectivity index (χ2v) is 5.62. The predicted octanol–water partition coefficient (Wildman–Crippen LogP) is 1.36. The van der Waals surface area contributed by atoms with Gasteiger partial charge in [-0.05, 0) is 19.3 Å². The Morgan fingerprint density at radius 1 is 1.58 bits per heavy atom. The van der Waals surface area contributed by atoms with Crippen LogP contribution in [0.3, 0.4) is 0 Å². The smallest absolute Gasteiger partial charge is 0.237 e. The summed E-state index contributed by atoms with van der Waals surface area (Å²) in [5, 5.41) is 6.35. The van der Waals surface area contributed by atoms with E-state index in [-0.39, 0.29) is 18.0 Å². The molecule has 0 fully saturated rings. The van der Waals surface area contributed by atoms with E-state index in [1.54, 1.807) is 6.33 Å². The fourth-order valence-electron chi connectivity index (χ4n) is 2.53. The van der Waals surface area contributed by atoms with Crippen LogP contribution in [-0.4, -0.2) is 28.0 Å². The molecule has 0 aromatic carbocycles. The van der Waals surface area contributed by atoms with Crippen molar-refractivity contribution in [2.75, 3.05) is 0 Å². The fraction of sp³-hybridized carbons (Fsp3) is 0.714. The number of imidazole rings is 1. The molecular formula is C14H24N4O. The van der Waals surface area contributed by atoms with E-state index in [2.05, 4.69) is 41.4 Å². The van der Waals surface area contributed by atoms with E-state index >= 15 is 0 Å². The molecule has 5 heteroatoms. The van der Waals surface area contributed by atoms with E-state index in [1.807, 2.05) is 0 Å². The Balaban J connectivity index is 1.84. The molecule has 1 aliphatic rings. The quantitative estimate of drug-likeness (QED) is 0.752. The van der Waals surface area contributed by atoms with Crippen LogP contribution in [0.1, 0.15) is 45.0 Å². The van der Waals surface area contributed by atoms with Gasteiger partial charge in [-0.25, -0.2) is 4.98 Å². The van der Waals surface area contributed by atoms with Gasteiger partial charge in [-0.3, -0.25) is 10.1 Å². The molecule has 0 spiro atoms. The summed E-state index contributed by atoms with van der Waals surface area (Å²) in [6.45, 7) is 7.17. The maximum atomic E-state index is 12.2. The van der Waals surface area contributed by atoms with Gasteiger partial charge in [-0.2, -0.15) is 0 Å². The van der Waals surface area contributed by atoms with Gasteiger partial charge in [0.15, 0.2) is 0 Å². The molecule has 1 amide bonds. The van der Waals surface area contributed by atoms with Gasteiger partial charge in [0.1, 0.15) is 0 Å². The van der Waals surface area contributed by atoms with Crippen molar-refractivity contribution in [1.82, 2.24) is 20.6 Å². The first kappa shape index (κ1) is 14.1. The number of aromatic amines is 1. The standard InChI is InChI=1S/C14H24N4O/c1-4-9(2)5-10(3)18-14(19)12-6-11-13(7-15-12)17-8-16-11/h8-10,12,15H,4-7H2,1-3H3,(H,16,17)(H,18,19). The number of carbonyl (C=O) groups is 1. The molecule has 106 valence electrons. The van der Waals surface area contributed by atoms with Crippen molar-refractivity contribution >= 4 is 5.91 Å². The molecular weight excluding hydrogens is 240 g/mol. The maximum absolute atomic E-state index is 12.2. The topological polar surface area (TPSA) is 69.8 Å². The molecule has 2 heterocycles. The van der Waals surface area contributed by atoms with Crippen LogP contribution in [0.2, 0.25) is 0 Å². The summed E-state index contributed by atoms with van der Waals surface area (Å²) >= 11 is 0. The van der Waals surface area contributed by atoms with E-state index in [0.717, 1.165) is 24.2 Å². The third-order valence-corrected chi connectivity index (χ3v) is 3.89. The molecule has 3 atom stereocenters. The first-order valence-electron chi connectivity index (χ1n) is 7.15. The number of carbonyl (C=O) groups excluding carboxylic acids is 1. The molecule has 19 heavy (non-hydrogen) atoms. The van der Waals surface area contributed by atoms with Crippen LogP contribution in [0.4, 0.5) is 0 Å². The zero-order valence-electron chi connectivity index (χ0n) is 12.0. The van der Waals surface area contributed by atoms with Crippen LogP contribution in [0, 0.1) is 5.92 Å². The van der Waals surface area contributed by atoms with Crippen molar-refractivity contribution in [1.29, 1.82) is 0 Å². The molecule has 1 aliphatic heterocycles. The summed E-state index contributed by atoms with van der Waals surface area (Å²) in [6.07, 6.45) is 4.54. The Hall–Kier alpha value is -1.36. The average Bonchev–Trinajstić information content (AvgIpc) is 2.85. The van der Waals surface area contributed by atoms with Crippen LogP contribution < -0.4 is 10.6 Å². The fourth-order valence-corrected chi connectivity index (χ4v) is 2.53. The number of nitrogens with zero attached hydrogens (tertiary/aromatic N) is 1. The number of nitrogens with one attached hydrogen (secondary N) is 3. The van der Waals surface area contributed by atoms with Gasteiger partial charge in [0.05, 0.1) is 23.8 Å². The zero-order valence-corrected chi connectivity index (χ0v) is 12.0. The van der Waals surface area contributed by atoms with Crippen molar-refractivity contribution in [2.24, 2.45) is 5.92 Å². The van der Waals surface area contributed by atoms with Gasteiger partial charge in [-0.1, -0.05) is 20.3 Å². The second kappa shape index (κ2) is 6.19. The first-order valence-corrected chi connectivity index (χ1v) is 7.15. The number of hydrogen-bond donors (Lipinski definition) is 3. The molecule has 1 aromatic rings. The van der Waals surface area contributed by atoms with Crippen LogP contribution in [-0.2, 0) is 17.8 Å². The van der Waals surface area contributed by atoms with Crippen LogP contribution in [0.15, 0.2) is 6.33 Å². The van der Waals surface area contributed by atoms with Crippen LogP contribution in [0.25, 0.3) is 0 Å². The molecule has 5 nitrogen and oxygen atoms in total. The Morgan fingerprint density at radius 3 is 3.11 bits per heavy atom. The Morgan fingerprint density at radius 2 is 2.37 bits per heavy atom. The minimum atomic E-state index is -0.157. The molecule has 2 rings (SSSR count). The molecule has 0 bridgehead atoms. The van der Waals surface area contributed by atoms with Crippen molar-refractivity contribution in [3.63, 3.8) is 0 Å². The highest BCUT2D eigenvalue weighted by atomic mass is 16.2. The highest BCUT2D eigenvalue weighted by molar-refractivity contribution is 5.82. The molecule has 0 aliphatic carbocycles. The van der Waals surface area contributed by atoms with Crippen LogP contribution >= 0.6 is 0 Å². The second-order valence-electron chi connectivity index (χ2n) is 5.62. The van der Waals surface area contributed by atoms with Gasteiger partial charge in [0, 0.05) is 19.0 Å². The normalized spacial score (nSPS) is 21.5. The van der Waals surface area contributed by atoms with Crippen molar-refractivity contribution in [3.05, 3.63) is 17.7 Å². The van der Waals surface area contributed by atoms with Gasteiger partial charge in [0.25, 0.3) is 0 Å². The van der Waals surface area contributed by atoms with Crippen molar-refractivity contribution < 1.29 is 4.79 Å². The summed E-state index contributed by atoms with van der Waals surface area (Å²) in [6, 6.07) is 0.0695. The number of hydrogen-bond acceptors (Lipinski definition) is 3. The van der Waals surface area contributed by atoms with Crippen molar-refractivity contribution in [3.8, 4) is 0 Å². The number of rotatable bonds is 5. The molecule has 1 aromatic heterocycles. The van der Waals surface area contributed by atoms with Gasteiger partial charge < -0.3 is 10.3 Å². The number of fused-ring (bicyclic) bond motifs is 1. The van der Waals surface area contributed by atoms with Gasteiger partial charge in [0.2, 0.25) is 5.91 Å². The Kier molecular flexibility index (Phi) is 4.58. The highest BCUT2D eigenvalue weighted by Crippen LogP contribution is 2.13. The highest BCUT2D eigenvalue weighted by Gasteiger charge is 2.26. The molecule has 0 saturated carbocycles. The van der Waals surface area contributed by atoms with Gasteiger partial charge >= 0.3 is 0 Å². The maximum Gasteiger partial charge on any atom is 0.237 e. The lowest BCUT2D eigenvalue weighted by atomic mass is 9.99. The lowest BCUT2D eigenvalue weighted by Gasteiger charge is -2.25. The number of aromatic nitrogens is 2. The third-order valence-electron chi connectivity index (χ3n) is 3.89. The Labute approximate surface area is 114 Å². The van der Waals surface area contributed by atoms with Crippen LogP contribution in [0.5, 0.6) is 0 Å². The monoisotopic (exact) mass is 264 g/mol. The summed E-state index contributed by atoms with van der Waals surface area (Å²) in [5.41, 5.74) is 2.10. The summed E-state index contributed by atoms with van der Waals surface area (Å²) in [5.74, 6) is 0.733. The molecule has 3 N–H and O–H groups in total. The molecule has 3 unspecified atom stereocenters. The third kappa shape index (κ3) is 3.56. The van der Waals surface area contributed by atoms with E-state index in [0.29, 0.717) is 18.9 Å². The van der Waals surface area contributed by atoms with Crippen molar-refractivity contribution in [2.45, 2.75) is 58.7 Å². The lowest BCUT2D eigenvalue weighted by Crippen LogP contribution is -2.50. The van der Waals surface area contributed by atoms with E-state index in [9.17, 15) is 4.79 Å². The summed E-state index contributed by atoms with van der Waals surface area (Å²) < 4.78 is 0. The largest absolute Gasteiger partial charge is 0.352 e. The molecule has 0 radical (unpaired) electrons. The summed E-state index contributed by atoms with van der Waals surface area (Å²) in [7, 11) is 0. The van der Waals surface area contributed by atoms with E-state index in [4.69, 9.17) is 0 Å². The van der Waals surface area contributed by atoms with Gasteiger partial charge in [-0.15, -0.1) is 0 Å². The summed E-state index contributed by atoms with van der Waals surface area (Å²) in [4.78, 5) is 19.5. The minimum absolute atomic E-state index is 0.0875. The SMILES string of the molecule is CCC(C)CC(C)NC(=O)C1Cc2nc[nH]c2CN1. The van der Waals surface area contributed by atoms with E-state index in [1.165, 1.54) is 0 Å².